The molecule has 0 aliphatic carbocycles. The van der Waals surface area contributed by atoms with Crippen molar-refractivity contribution in [2.75, 3.05) is 23.3 Å². The summed E-state index contributed by atoms with van der Waals surface area (Å²) < 4.78 is 1.30. The van der Waals surface area contributed by atoms with Crippen molar-refractivity contribution in [1.82, 2.24) is 9.78 Å². The molecular weight excluding hydrogens is 376 g/mol. The predicted molar refractivity (Wildman–Crippen MR) is 121 cm³/mol. The first-order valence-electron chi connectivity index (χ1n) is 10.7. The molecule has 156 valence electrons. The predicted octanol–water partition coefficient (Wildman–Crippen LogP) is 4.15. The second-order valence-electron chi connectivity index (χ2n) is 8.20. The summed E-state index contributed by atoms with van der Waals surface area (Å²) in [5.74, 6) is 0.962. The van der Waals surface area contributed by atoms with Crippen molar-refractivity contribution in [2.45, 2.75) is 45.6 Å². The van der Waals surface area contributed by atoms with Gasteiger partial charge in [0.25, 0.3) is 5.56 Å². The summed E-state index contributed by atoms with van der Waals surface area (Å²) in [6.45, 7) is 5.99. The zero-order valence-electron chi connectivity index (χ0n) is 17.6. The lowest BCUT2D eigenvalue weighted by Gasteiger charge is -2.29. The van der Waals surface area contributed by atoms with Gasteiger partial charge in [0.15, 0.2) is 5.82 Å². The number of piperidine rings is 1. The third kappa shape index (κ3) is 4.22. The Labute approximate surface area is 176 Å². The molecule has 6 nitrogen and oxygen atoms in total. The number of rotatable bonds is 5. The van der Waals surface area contributed by atoms with Crippen molar-refractivity contribution in [3.05, 3.63) is 64.4 Å². The number of carbonyl (C=O) groups excluding carboxylic acids is 1. The molecule has 1 aliphatic rings. The number of amides is 1. The van der Waals surface area contributed by atoms with Crippen LogP contribution in [-0.2, 0) is 11.3 Å². The molecule has 1 amide bonds. The fourth-order valence-corrected chi connectivity index (χ4v) is 3.95. The molecule has 1 N–H and O–H groups in total. The number of nitrogens with one attached hydrogen (secondary N) is 1. The zero-order valence-corrected chi connectivity index (χ0v) is 17.6. The van der Waals surface area contributed by atoms with Crippen LogP contribution in [0.2, 0.25) is 0 Å². The van der Waals surface area contributed by atoms with Crippen LogP contribution in [0, 0.1) is 0 Å². The molecule has 1 fully saturated rings. The Morgan fingerprint density at radius 3 is 2.33 bits per heavy atom. The van der Waals surface area contributed by atoms with Crippen LogP contribution in [0.5, 0.6) is 0 Å². The molecule has 1 aliphatic heterocycles. The molecule has 2 aromatic carbocycles. The number of carbonyl (C=O) groups is 1. The molecule has 0 saturated carbocycles. The molecular formula is C24H28N4O2. The zero-order chi connectivity index (χ0) is 21.1. The number of fused-ring (bicyclic) bond motifs is 1. The molecule has 0 unspecified atom stereocenters. The first-order valence-corrected chi connectivity index (χ1v) is 10.7. The molecule has 1 saturated heterocycles. The number of anilines is 2. The van der Waals surface area contributed by atoms with Gasteiger partial charge in [0.05, 0.1) is 5.39 Å². The van der Waals surface area contributed by atoms with Crippen molar-refractivity contribution < 1.29 is 4.79 Å². The van der Waals surface area contributed by atoms with Gasteiger partial charge in [0.1, 0.15) is 6.54 Å². The van der Waals surface area contributed by atoms with E-state index in [2.05, 4.69) is 29.2 Å². The lowest BCUT2D eigenvalue weighted by atomic mass is 10.0. The van der Waals surface area contributed by atoms with Crippen LogP contribution < -0.4 is 15.8 Å². The van der Waals surface area contributed by atoms with Gasteiger partial charge in [-0.3, -0.25) is 9.59 Å². The monoisotopic (exact) mass is 404 g/mol. The van der Waals surface area contributed by atoms with Gasteiger partial charge in [-0.1, -0.05) is 44.2 Å². The smallest absolute Gasteiger partial charge is 0.275 e. The third-order valence-electron chi connectivity index (χ3n) is 5.66. The third-order valence-corrected chi connectivity index (χ3v) is 5.66. The summed E-state index contributed by atoms with van der Waals surface area (Å²) in [6, 6.07) is 15.3. The average Bonchev–Trinajstić information content (AvgIpc) is 2.76. The molecule has 4 rings (SSSR count). The van der Waals surface area contributed by atoms with Crippen LogP contribution in [0.4, 0.5) is 11.5 Å². The van der Waals surface area contributed by atoms with Crippen LogP contribution in [0.25, 0.3) is 10.8 Å². The standard InChI is InChI=1S/C24H28N4O2/c1-17(2)18-10-12-19(13-11-18)25-22(29)16-28-24(30)21-9-5-4-8-20(21)23(26-28)27-14-6-3-7-15-27/h4-5,8-13,17H,3,6-7,14-16H2,1-2H3,(H,25,29). The molecule has 1 aromatic heterocycles. The molecule has 0 atom stereocenters. The maximum Gasteiger partial charge on any atom is 0.275 e. The Hall–Kier alpha value is -3.15. The van der Waals surface area contributed by atoms with Gasteiger partial charge in [-0.15, -0.1) is 0 Å². The fourth-order valence-electron chi connectivity index (χ4n) is 3.95. The second-order valence-corrected chi connectivity index (χ2v) is 8.20. The van der Waals surface area contributed by atoms with Crippen LogP contribution in [0.1, 0.15) is 44.6 Å². The SMILES string of the molecule is CC(C)c1ccc(NC(=O)Cn2nc(N3CCCCC3)c3ccccc3c2=O)cc1. The van der Waals surface area contributed by atoms with E-state index in [0.29, 0.717) is 11.3 Å². The van der Waals surface area contributed by atoms with E-state index in [4.69, 9.17) is 0 Å². The van der Waals surface area contributed by atoms with Gasteiger partial charge >= 0.3 is 0 Å². The molecule has 0 bridgehead atoms. The van der Waals surface area contributed by atoms with Gasteiger partial charge in [-0.25, -0.2) is 4.68 Å². The Kier molecular flexibility index (Phi) is 5.84. The summed E-state index contributed by atoms with van der Waals surface area (Å²) in [4.78, 5) is 27.9. The maximum absolute atomic E-state index is 13.0. The van der Waals surface area contributed by atoms with Gasteiger partial charge in [0, 0.05) is 24.2 Å². The fraction of sp³-hybridized carbons (Fsp3) is 0.375. The minimum Gasteiger partial charge on any atom is -0.355 e. The maximum atomic E-state index is 13.0. The number of hydrogen-bond donors (Lipinski definition) is 1. The van der Waals surface area contributed by atoms with Crippen molar-refractivity contribution in [3.63, 3.8) is 0 Å². The molecule has 0 radical (unpaired) electrons. The largest absolute Gasteiger partial charge is 0.355 e. The summed E-state index contributed by atoms with van der Waals surface area (Å²) in [7, 11) is 0. The van der Waals surface area contributed by atoms with E-state index < -0.39 is 0 Å². The first kappa shape index (κ1) is 20.1. The number of nitrogens with zero attached hydrogens (tertiary/aromatic N) is 3. The first-order chi connectivity index (χ1) is 14.5. The van der Waals surface area contributed by atoms with Gasteiger partial charge < -0.3 is 10.2 Å². The molecule has 6 heteroatoms. The van der Waals surface area contributed by atoms with Gasteiger partial charge in [-0.2, -0.15) is 5.10 Å². The molecule has 30 heavy (non-hydrogen) atoms. The molecule has 3 aromatic rings. The van der Waals surface area contributed by atoms with Crippen molar-refractivity contribution in [1.29, 1.82) is 0 Å². The van der Waals surface area contributed by atoms with Crippen LogP contribution in [-0.4, -0.2) is 28.8 Å². The highest BCUT2D eigenvalue weighted by atomic mass is 16.2. The Bertz CT molecular complexity index is 1100. The van der Waals surface area contributed by atoms with Crippen molar-refractivity contribution >= 4 is 28.2 Å². The lowest BCUT2D eigenvalue weighted by molar-refractivity contribution is -0.117. The quantitative estimate of drug-likeness (QED) is 0.694. The summed E-state index contributed by atoms with van der Waals surface area (Å²) in [6.07, 6.45) is 3.44. The number of hydrogen-bond acceptors (Lipinski definition) is 4. The minimum absolute atomic E-state index is 0.115. The topological polar surface area (TPSA) is 67.2 Å². The van der Waals surface area contributed by atoms with Gasteiger partial charge in [-0.05, 0) is 48.9 Å². The van der Waals surface area contributed by atoms with Crippen molar-refractivity contribution in [2.24, 2.45) is 0 Å². The lowest BCUT2D eigenvalue weighted by Crippen LogP contribution is -2.35. The van der Waals surface area contributed by atoms with E-state index in [-0.39, 0.29) is 18.0 Å². The number of benzene rings is 2. The Balaban J connectivity index is 1.61. The van der Waals surface area contributed by atoms with E-state index >= 15 is 0 Å². The highest BCUT2D eigenvalue weighted by Crippen LogP contribution is 2.25. The summed E-state index contributed by atoms with van der Waals surface area (Å²) in [5.41, 5.74) is 1.69. The van der Waals surface area contributed by atoms with E-state index in [1.807, 2.05) is 48.5 Å². The summed E-state index contributed by atoms with van der Waals surface area (Å²) >= 11 is 0. The van der Waals surface area contributed by atoms with E-state index in [1.54, 1.807) is 0 Å². The Morgan fingerprint density at radius 1 is 1.00 bits per heavy atom. The van der Waals surface area contributed by atoms with Gasteiger partial charge in [0.2, 0.25) is 5.91 Å². The van der Waals surface area contributed by atoms with E-state index in [9.17, 15) is 9.59 Å². The highest BCUT2D eigenvalue weighted by Gasteiger charge is 2.19. The van der Waals surface area contributed by atoms with Crippen LogP contribution in [0.3, 0.4) is 0 Å². The van der Waals surface area contributed by atoms with Crippen molar-refractivity contribution in [3.8, 4) is 0 Å². The normalized spacial score (nSPS) is 14.3. The minimum atomic E-state index is -0.262. The molecule has 2 heterocycles. The van der Waals surface area contributed by atoms with Crippen LogP contribution >= 0.6 is 0 Å². The number of aromatic nitrogens is 2. The average molecular weight is 405 g/mol. The van der Waals surface area contributed by atoms with E-state index in [1.165, 1.54) is 16.7 Å². The highest BCUT2D eigenvalue weighted by molar-refractivity contribution is 5.93. The Morgan fingerprint density at radius 2 is 1.67 bits per heavy atom. The van der Waals surface area contributed by atoms with E-state index in [0.717, 1.165) is 42.8 Å². The van der Waals surface area contributed by atoms with Crippen LogP contribution in [0.15, 0.2) is 53.3 Å². The molecule has 0 spiro atoms. The summed E-state index contributed by atoms with van der Waals surface area (Å²) in [5, 5.41) is 8.94. The second kappa shape index (κ2) is 8.69.